The number of unbranched alkanes of at least 4 members (excludes halogenated alkanes) is 2. The Bertz CT molecular complexity index is 746. The summed E-state index contributed by atoms with van der Waals surface area (Å²) in [6.45, 7) is 4.16. The van der Waals surface area contributed by atoms with Crippen LogP contribution in [0.3, 0.4) is 0 Å². The number of hydrogen-bond donors (Lipinski definition) is 0. The molecule has 0 radical (unpaired) electrons. The number of carbonyl (C=O) groups excluding carboxylic acids is 2. The van der Waals surface area contributed by atoms with Gasteiger partial charge in [0.05, 0.1) is 0 Å². The second kappa shape index (κ2) is 11.2. The molecule has 0 aromatic carbocycles. The smallest absolute Gasteiger partial charge is 0.466 e. The van der Waals surface area contributed by atoms with Gasteiger partial charge in [-0.1, -0.05) is 33.3 Å². The van der Waals surface area contributed by atoms with Crippen molar-refractivity contribution in [3.8, 4) is 0 Å². The van der Waals surface area contributed by atoms with Crippen LogP contribution in [0.25, 0.3) is 0 Å². The summed E-state index contributed by atoms with van der Waals surface area (Å²) >= 11 is 0. The molecule has 0 N–H and O–H groups in total. The second-order valence-corrected chi connectivity index (χ2v) is 8.17. The molecule has 0 aromatic heterocycles. The molecule has 1 atom stereocenters. The summed E-state index contributed by atoms with van der Waals surface area (Å²) in [6.07, 6.45) is -4.55. The van der Waals surface area contributed by atoms with Crippen LogP contribution in [0, 0.1) is 0 Å². The van der Waals surface area contributed by atoms with E-state index in [0.29, 0.717) is 17.7 Å². The highest BCUT2D eigenvalue weighted by Gasteiger charge is 2.68. The largest absolute Gasteiger partial charge is 0.743 e. The summed E-state index contributed by atoms with van der Waals surface area (Å²) in [7, 11) is -6.45. The Morgan fingerprint density at radius 2 is 1.48 bits per heavy atom. The lowest BCUT2D eigenvalue weighted by molar-refractivity contribution is -0.356. The molecule has 0 rings (SSSR count). The summed E-state index contributed by atoms with van der Waals surface area (Å²) in [5, 5.41) is -5.34. The maximum Gasteiger partial charge on any atom is 0.466 e. The second-order valence-electron chi connectivity index (χ2n) is 6.66. The van der Waals surface area contributed by atoms with Crippen LogP contribution in [0.2, 0.25) is 0 Å². The highest BCUT2D eigenvalue weighted by Crippen LogP contribution is 2.39. The fourth-order valence-electron chi connectivity index (χ4n) is 2.09. The molecule has 0 aliphatic heterocycles. The monoisotopic (exact) mass is 482 g/mol. The predicted octanol–water partition coefficient (Wildman–Crippen LogP) is 2.95. The Balaban J connectivity index is 6.47. The minimum absolute atomic E-state index is 0.225. The van der Waals surface area contributed by atoms with E-state index in [-0.39, 0.29) is 25.9 Å². The molecule has 0 bridgehead atoms. The van der Waals surface area contributed by atoms with Crippen molar-refractivity contribution in [1.82, 2.24) is 4.90 Å². The Labute approximate surface area is 177 Å². The third kappa shape index (κ3) is 7.68. The van der Waals surface area contributed by atoms with Gasteiger partial charge in [0, 0.05) is 18.7 Å². The number of hydrogen-bond acceptors (Lipinski definition) is 7. The molecule has 0 fully saturated rings. The van der Waals surface area contributed by atoms with Gasteiger partial charge in [-0.25, -0.2) is 13.2 Å². The van der Waals surface area contributed by atoms with Gasteiger partial charge < -0.3 is 18.9 Å². The molecule has 0 saturated heterocycles. The van der Waals surface area contributed by atoms with Crippen molar-refractivity contribution in [2.75, 3.05) is 19.7 Å². The molecule has 182 valence electrons. The van der Waals surface area contributed by atoms with E-state index in [1.165, 1.54) is 0 Å². The zero-order valence-corrected chi connectivity index (χ0v) is 18.1. The number of halogens is 5. The zero-order chi connectivity index (χ0) is 24.7. The molecule has 0 spiro atoms. The van der Waals surface area contributed by atoms with Crippen LogP contribution >= 0.6 is 0 Å². The van der Waals surface area contributed by atoms with Crippen molar-refractivity contribution in [1.29, 1.82) is 0 Å². The van der Waals surface area contributed by atoms with Crippen molar-refractivity contribution >= 4 is 22.0 Å². The fourth-order valence-corrected chi connectivity index (χ4v) is 2.30. The molecule has 1 amide bonds. The van der Waals surface area contributed by atoms with Crippen LogP contribution in [0.4, 0.5) is 22.0 Å². The first-order valence-electron chi connectivity index (χ1n) is 9.19. The summed E-state index contributed by atoms with van der Waals surface area (Å²) in [5.74, 6) is -8.45. The van der Waals surface area contributed by atoms with Crippen molar-refractivity contribution in [2.45, 2.75) is 63.7 Å². The van der Waals surface area contributed by atoms with Crippen molar-refractivity contribution in [3.05, 3.63) is 12.2 Å². The van der Waals surface area contributed by atoms with Gasteiger partial charge in [-0.05, 0) is 19.8 Å². The van der Waals surface area contributed by atoms with E-state index in [4.69, 9.17) is 0 Å². The molecule has 0 heterocycles. The number of carbonyl (C=O) groups is 2. The molecular weight excluding hydrogens is 457 g/mol. The molecule has 14 heteroatoms. The first kappa shape index (κ1) is 29.2. The SMILES string of the molecule is C=C(C)C(=O)OC(OCC(F)(F)S(=O)(=O)[O-])(C(=O)N(CCCC)CCCC)C(F)(F)F. The Morgan fingerprint density at radius 3 is 1.81 bits per heavy atom. The minimum atomic E-state index is -6.45. The van der Waals surface area contributed by atoms with E-state index >= 15 is 0 Å². The van der Waals surface area contributed by atoms with E-state index in [0.717, 1.165) is 6.92 Å². The van der Waals surface area contributed by atoms with Crippen LogP contribution in [-0.4, -0.2) is 66.7 Å². The Kier molecular flexibility index (Phi) is 10.5. The number of alkyl halides is 5. The molecule has 0 aromatic rings. The average molecular weight is 482 g/mol. The maximum atomic E-state index is 14.0. The van der Waals surface area contributed by atoms with E-state index < -0.39 is 51.4 Å². The van der Waals surface area contributed by atoms with Crippen LogP contribution in [-0.2, 0) is 29.2 Å². The highest BCUT2D eigenvalue weighted by atomic mass is 32.2. The van der Waals surface area contributed by atoms with Crippen LogP contribution in [0.15, 0.2) is 12.2 Å². The van der Waals surface area contributed by atoms with Crippen LogP contribution in [0.5, 0.6) is 0 Å². The number of nitrogens with zero attached hydrogens (tertiary/aromatic N) is 1. The quantitative estimate of drug-likeness (QED) is 0.130. The van der Waals surface area contributed by atoms with Gasteiger partial charge in [0.25, 0.3) is 0 Å². The van der Waals surface area contributed by atoms with Gasteiger partial charge in [-0.2, -0.15) is 22.0 Å². The highest BCUT2D eigenvalue weighted by molar-refractivity contribution is 7.86. The van der Waals surface area contributed by atoms with Gasteiger partial charge in [-0.3, -0.25) is 4.79 Å². The van der Waals surface area contributed by atoms with Gasteiger partial charge in [0.1, 0.15) is 6.61 Å². The molecule has 31 heavy (non-hydrogen) atoms. The van der Waals surface area contributed by atoms with Crippen molar-refractivity contribution < 1.29 is 54.0 Å². The van der Waals surface area contributed by atoms with Crippen LogP contribution in [0.1, 0.15) is 46.5 Å². The summed E-state index contributed by atoms with van der Waals surface area (Å²) < 4.78 is 109. The third-order valence-corrected chi connectivity index (χ3v) is 4.75. The number of amides is 1. The topological polar surface area (TPSA) is 113 Å². The minimum Gasteiger partial charge on any atom is -0.743 e. The number of rotatable bonds is 13. The first-order valence-corrected chi connectivity index (χ1v) is 10.6. The standard InChI is InChI=1S/C17H26F5NO7S/c1-5-7-9-23(10-8-6-2)14(25)16(17(20,21)22,30-13(24)12(3)4)29-11-15(18,19)31(26,27)28/h3,5-11H2,1-2,4H3,(H,26,27,28)/p-1. The fraction of sp³-hybridized carbons (Fsp3) is 0.765. The van der Waals surface area contributed by atoms with E-state index in [2.05, 4.69) is 16.1 Å². The lowest BCUT2D eigenvalue weighted by Gasteiger charge is -2.38. The van der Waals surface area contributed by atoms with E-state index in [1.54, 1.807) is 13.8 Å². The predicted molar refractivity (Wildman–Crippen MR) is 96.7 cm³/mol. The summed E-state index contributed by atoms with van der Waals surface area (Å²) in [6, 6.07) is 0. The van der Waals surface area contributed by atoms with Gasteiger partial charge >= 0.3 is 29.1 Å². The summed E-state index contributed by atoms with van der Waals surface area (Å²) in [4.78, 5) is 25.3. The number of ether oxygens (including phenoxy) is 2. The van der Waals surface area contributed by atoms with Crippen molar-refractivity contribution in [3.63, 3.8) is 0 Å². The third-order valence-electron chi connectivity index (χ3n) is 3.90. The molecule has 0 aliphatic carbocycles. The number of esters is 1. The molecule has 8 nitrogen and oxygen atoms in total. The summed E-state index contributed by atoms with van der Waals surface area (Å²) in [5.41, 5.74) is -0.623. The van der Waals surface area contributed by atoms with E-state index in [9.17, 15) is 44.5 Å². The van der Waals surface area contributed by atoms with Gasteiger partial charge in [0.2, 0.25) is 0 Å². The molecule has 1 unspecified atom stereocenters. The molecular formula is C17H25F5NO7S-. The lowest BCUT2D eigenvalue weighted by Crippen LogP contribution is -2.63. The lowest BCUT2D eigenvalue weighted by atomic mass is 10.1. The Hall–Kier alpha value is -1.80. The molecule has 0 saturated carbocycles. The van der Waals surface area contributed by atoms with E-state index in [1.807, 2.05) is 0 Å². The first-order chi connectivity index (χ1) is 14.0. The van der Waals surface area contributed by atoms with Gasteiger partial charge in [-0.15, -0.1) is 0 Å². The van der Waals surface area contributed by atoms with Crippen LogP contribution < -0.4 is 0 Å². The normalized spacial score (nSPS) is 14.6. The van der Waals surface area contributed by atoms with Crippen molar-refractivity contribution in [2.24, 2.45) is 0 Å². The maximum absolute atomic E-state index is 14.0. The molecule has 0 aliphatic rings. The zero-order valence-electron chi connectivity index (χ0n) is 17.3. The average Bonchev–Trinajstić information content (AvgIpc) is 2.62. The van der Waals surface area contributed by atoms with Gasteiger partial charge in [0.15, 0.2) is 10.1 Å². The Morgan fingerprint density at radius 1 is 1.03 bits per heavy atom.